The maximum Gasteiger partial charge on any atom is 0.312 e. The van der Waals surface area contributed by atoms with E-state index in [2.05, 4.69) is 10.6 Å². The van der Waals surface area contributed by atoms with E-state index in [1.807, 2.05) is 0 Å². The smallest absolute Gasteiger partial charge is 0.312 e. The standard InChI is InChI=1S/C18H24ClN3O4/c19-14-9-5-4-8-13(14)15(22-18(20)25)10-17(24)26-11-16(23)21-12-6-2-1-3-7-12/h4-5,8-9,12,15H,1-3,6-7,10-11H2,(H,21,23)(H3,20,22,25)/t15-/m0/s1. The van der Waals surface area contributed by atoms with Crippen LogP contribution in [0.25, 0.3) is 0 Å². The van der Waals surface area contributed by atoms with Gasteiger partial charge in [0.25, 0.3) is 5.91 Å². The summed E-state index contributed by atoms with van der Waals surface area (Å²) < 4.78 is 5.03. The maximum atomic E-state index is 12.1. The van der Waals surface area contributed by atoms with Crippen molar-refractivity contribution in [1.29, 1.82) is 0 Å². The highest BCUT2D eigenvalue weighted by Gasteiger charge is 2.22. The third-order valence-corrected chi connectivity index (χ3v) is 4.65. The van der Waals surface area contributed by atoms with Crippen molar-refractivity contribution in [3.63, 3.8) is 0 Å². The molecule has 1 fully saturated rings. The molecular formula is C18H24ClN3O4. The molecule has 0 spiro atoms. The van der Waals surface area contributed by atoms with Crippen LogP contribution in [0.15, 0.2) is 24.3 Å². The number of carbonyl (C=O) groups is 3. The second-order valence-corrected chi connectivity index (χ2v) is 6.76. The number of carbonyl (C=O) groups excluding carboxylic acids is 3. The molecule has 142 valence electrons. The van der Waals surface area contributed by atoms with E-state index in [0.717, 1.165) is 25.7 Å². The fourth-order valence-electron chi connectivity index (χ4n) is 3.06. The summed E-state index contributed by atoms with van der Waals surface area (Å²) in [4.78, 5) is 35.2. The summed E-state index contributed by atoms with van der Waals surface area (Å²) in [6, 6.07) is 5.46. The van der Waals surface area contributed by atoms with Gasteiger partial charge in [-0.1, -0.05) is 49.1 Å². The Morgan fingerprint density at radius 2 is 1.88 bits per heavy atom. The zero-order chi connectivity index (χ0) is 18.9. The van der Waals surface area contributed by atoms with Crippen LogP contribution in [0.4, 0.5) is 4.79 Å². The predicted molar refractivity (Wildman–Crippen MR) is 97.5 cm³/mol. The van der Waals surface area contributed by atoms with Gasteiger partial charge in [0.05, 0.1) is 12.5 Å². The molecule has 26 heavy (non-hydrogen) atoms. The average Bonchev–Trinajstić information content (AvgIpc) is 2.60. The van der Waals surface area contributed by atoms with E-state index in [0.29, 0.717) is 10.6 Å². The van der Waals surface area contributed by atoms with E-state index in [-0.39, 0.29) is 25.0 Å². The largest absolute Gasteiger partial charge is 0.456 e. The lowest BCUT2D eigenvalue weighted by Gasteiger charge is -2.22. The molecule has 1 aliphatic carbocycles. The monoisotopic (exact) mass is 381 g/mol. The Kier molecular flexibility index (Phi) is 7.72. The van der Waals surface area contributed by atoms with Crippen LogP contribution < -0.4 is 16.4 Å². The number of halogens is 1. The molecule has 0 heterocycles. The first-order chi connectivity index (χ1) is 12.5. The van der Waals surface area contributed by atoms with Crippen molar-refractivity contribution in [2.75, 3.05) is 6.61 Å². The first-order valence-corrected chi connectivity index (χ1v) is 9.09. The first-order valence-electron chi connectivity index (χ1n) is 8.71. The van der Waals surface area contributed by atoms with E-state index < -0.39 is 18.0 Å². The average molecular weight is 382 g/mol. The van der Waals surface area contributed by atoms with Crippen molar-refractivity contribution in [3.8, 4) is 0 Å². The van der Waals surface area contributed by atoms with Crippen molar-refractivity contribution in [2.24, 2.45) is 5.73 Å². The van der Waals surface area contributed by atoms with Gasteiger partial charge in [0.15, 0.2) is 6.61 Å². The third kappa shape index (κ3) is 6.55. The summed E-state index contributed by atoms with van der Waals surface area (Å²) in [5, 5.41) is 5.75. The molecule has 1 aromatic carbocycles. The molecule has 1 atom stereocenters. The summed E-state index contributed by atoms with van der Waals surface area (Å²) in [6.45, 7) is -0.346. The van der Waals surface area contributed by atoms with Gasteiger partial charge < -0.3 is 21.1 Å². The number of esters is 1. The lowest BCUT2D eigenvalue weighted by atomic mass is 9.95. The second kappa shape index (κ2) is 10.0. The zero-order valence-electron chi connectivity index (χ0n) is 14.5. The maximum absolute atomic E-state index is 12.1. The predicted octanol–water partition coefficient (Wildman–Crippen LogP) is 2.43. The molecule has 0 unspecified atom stereocenters. The summed E-state index contributed by atoms with van der Waals surface area (Å²) in [5.41, 5.74) is 5.73. The molecule has 0 aromatic heterocycles. The lowest BCUT2D eigenvalue weighted by molar-refractivity contribution is -0.149. The number of hydrogen-bond donors (Lipinski definition) is 3. The van der Waals surface area contributed by atoms with Gasteiger partial charge in [-0.2, -0.15) is 0 Å². The Morgan fingerprint density at radius 3 is 2.54 bits per heavy atom. The van der Waals surface area contributed by atoms with Gasteiger partial charge in [-0.25, -0.2) is 4.79 Å². The lowest BCUT2D eigenvalue weighted by Crippen LogP contribution is -2.39. The van der Waals surface area contributed by atoms with Gasteiger partial charge in [0, 0.05) is 11.1 Å². The summed E-state index contributed by atoms with van der Waals surface area (Å²) >= 11 is 6.11. The molecule has 1 aliphatic rings. The fraction of sp³-hybridized carbons (Fsp3) is 0.500. The number of hydrogen-bond acceptors (Lipinski definition) is 4. The molecule has 0 saturated heterocycles. The van der Waals surface area contributed by atoms with Gasteiger partial charge in [0.1, 0.15) is 0 Å². The molecule has 2 rings (SSSR count). The van der Waals surface area contributed by atoms with E-state index in [9.17, 15) is 14.4 Å². The van der Waals surface area contributed by atoms with Gasteiger partial charge in [-0.05, 0) is 24.5 Å². The summed E-state index contributed by atoms with van der Waals surface area (Å²) in [6.07, 6.45) is 5.13. The molecule has 0 radical (unpaired) electrons. The molecule has 0 bridgehead atoms. The topological polar surface area (TPSA) is 111 Å². The number of rotatable bonds is 7. The van der Waals surface area contributed by atoms with E-state index in [1.54, 1.807) is 24.3 Å². The van der Waals surface area contributed by atoms with Gasteiger partial charge in [-0.15, -0.1) is 0 Å². The highest BCUT2D eigenvalue weighted by molar-refractivity contribution is 6.31. The van der Waals surface area contributed by atoms with Crippen LogP contribution in [-0.4, -0.2) is 30.6 Å². The van der Waals surface area contributed by atoms with Crippen molar-refractivity contribution < 1.29 is 19.1 Å². The molecule has 0 aliphatic heterocycles. The van der Waals surface area contributed by atoms with E-state index >= 15 is 0 Å². The fourth-order valence-corrected chi connectivity index (χ4v) is 3.32. The molecule has 8 heteroatoms. The van der Waals surface area contributed by atoms with Crippen LogP contribution in [-0.2, 0) is 14.3 Å². The minimum atomic E-state index is -0.780. The molecular weight excluding hydrogens is 358 g/mol. The molecule has 1 aromatic rings. The van der Waals surface area contributed by atoms with E-state index in [1.165, 1.54) is 6.42 Å². The van der Waals surface area contributed by atoms with Crippen molar-refractivity contribution >= 4 is 29.5 Å². The molecule has 7 nitrogen and oxygen atoms in total. The third-order valence-electron chi connectivity index (χ3n) is 4.30. The van der Waals surface area contributed by atoms with Gasteiger partial charge in [-0.3, -0.25) is 9.59 Å². The van der Waals surface area contributed by atoms with Crippen LogP contribution >= 0.6 is 11.6 Å². The normalized spacial score (nSPS) is 15.7. The Hall–Kier alpha value is -2.28. The Bertz CT molecular complexity index is 647. The highest BCUT2D eigenvalue weighted by Crippen LogP contribution is 2.25. The molecule has 1 saturated carbocycles. The van der Waals surface area contributed by atoms with Crippen molar-refractivity contribution in [2.45, 2.75) is 50.6 Å². The minimum absolute atomic E-state index is 0.155. The van der Waals surface area contributed by atoms with Crippen molar-refractivity contribution in [1.82, 2.24) is 10.6 Å². The quantitative estimate of drug-likeness (QED) is 0.630. The van der Waals surface area contributed by atoms with Crippen LogP contribution in [0.2, 0.25) is 5.02 Å². The number of nitrogens with one attached hydrogen (secondary N) is 2. The Balaban J connectivity index is 1.85. The summed E-state index contributed by atoms with van der Waals surface area (Å²) in [5.74, 6) is -0.940. The van der Waals surface area contributed by atoms with Crippen LogP contribution in [0.3, 0.4) is 0 Å². The van der Waals surface area contributed by atoms with Crippen LogP contribution in [0, 0.1) is 0 Å². The number of primary amides is 1. The number of urea groups is 1. The van der Waals surface area contributed by atoms with Gasteiger partial charge in [0.2, 0.25) is 0 Å². The molecule has 3 amide bonds. The molecule has 4 N–H and O–H groups in total. The number of nitrogens with two attached hydrogens (primary N) is 1. The van der Waals surface area contributed by atoms with Crippen LogP contribution in [0.1, 0.15) is 50.1 Å². The Morgan fingerprint density at radius 1 is 1.19 bits per heavy atom. The number of benzene rings is 1. The number of ether oxygens (including phenoxy) is 1. The van der Waals surface area contributed by atoms with Crippen molar-refractivity contribution in [3.05, 3.63) is 34.9 Å². The second-order valence-electron chi connectivity index (χ2n) is 6.35. The van der Waals surface area contributed by atoms with Crippen LogP contribution in [0.5, 0.6) is 0 Å². The summed E-state index contributed by atoms with van der Waals surface area (Å²) in [7, 11) is 0. The Labute approximate surface area is 157 Å². The number of amides is 3. The SMILES string of the molecule is NC(=O)N[C@@H](CC(=O)OCC(=O)NC1CCCCC1)c1ccccc1Cl. The highest BCUT2D eigenvalue weighted by atomic mass is 35.5. The zero-order valence-corrected chi connectivity index (χ0v) is 15.3. The van der Waals surface area contributed by atoms with E-state index in [4.69, 9.17) is 22.1 Å². The first kappa shape index (κ1) is 20.0. The minimum Gasteiger partial charge on any atom is -0.456 e. The van der Waals surface area contributed by atoms with Gasteiger partial charge >= 0.3 is 12.0 Å².